The van der Waals surface area contributed by atoms with Gasteiger partial charge in [0.2, 0.25) is 0 Å². The largest absolute Gasteiger partial charge is 0.450 e. The number of rotatable bonds is 8. The fraction of sp³-hybridized carbons (Fsp3) is 0.533. The molecule has 0 radical (unpaired) electrons. The van der Waals surface area contributed by atoms with Gasteiger partial charge in [-0.2, -0.15) is 0 Å². The van der Waals surface area contributed by atoms with Crippen LogP contribution in [0, 0.1) is 0 Å². The molecular weight excluding hydrogens is 305 g/mol. The molecule has 0 saturated carbocycles. The maximum atomic E-state index is 13.2. The number of benzene rings is 1. The van der Waals surface area contributed by atoms with Crippen LogP contribution in [0.25, 0.3) is 0 Å². The molecule has 1 aromatic rings. The Bertz CT molecular complexity index is 498. The number of carbonyl (C=O) groups excluding carboxylic acids is 1. The highest BCUT2D eigenvalue weighted by molar-refractivity contribution is 7.54. The monoisotopic (exact) mass is 329 g/mol. The van der Waals surface area contributed by atoms with Gasteiger partial charge in [-0.25, -0.2) is 4.79 Å². The molecule has 1 atom stereocenters. The van der Waals surface area contributed by atoms with Crippen molar-refractivity contribution in [1.82, 2.24) is 4.90 Å². The van der Waals surface area contributed by atoms with Crippen LogP contribution in [0.1, 0.15) is 32.1 Å². The molecule has 22 heavy (non-hydrogen) atoms. The van der Waals surface area contributed by atoms with Crippen molar-refractivity contribution in [1.29, 1.82) is 0 Å². The second-order valence-corrected chi connectivity index (χ2v) is 6.55. The molecular formula is C15H24NO5P. The van der Waals surface area contributed by atoms with Gasteiger partial charge < -0.3 is 13.8 Å². The van der Waals surface area contributed by atoms with Crippen molar-refractivity contribution in [2.75, 3.05) is 26.9 Å². The Labute approximate surface area is 131 Å². The maximum Gasteiger partial charge on any atom is 0.410 e. The third-order valence-electron chi connectivity index (χ3n) is 2.94. The molecule has 0 saturated heterocycles. The van der Waals surface area contributed by atoms with E-state index in [1.54, 1.807) is 32.9 Å². The van der Waals surface area contributed by atoms with Gasteiger partial charge in [-0.15, -0.1) is 0 Å². The first-order valence-electron chi connectivity index (χ1n) is 7.33. The van der Waals surface area contributed by atoms with Gasteiger partial charge in [0.1, 0.15) is 0 Å². The third kappa shape index (κ3) is 4.57. The molecule has 1 aromatic carbocycles. The van der Waals surface area contributed by atoms with Gasteiger partial charge in [0.25, 0.3) is 0 Å². The summed E-state index contributed by atoms with van der Waals surface area (Å²) < 4.78 is 29.0. The SMILES string of the molecule is CCOC(=O)N(C)C(c1ccccc1)P(=O)(OCC)OCC. The van der Waals surface area contributed by atoms with E-state index >= 15 is 0 Å². The number of amides is 1. The summed E-state index contributed by atoms with van der Waals surface area (Å²) in [6.45, 7) is 5.86. The molecule has 0 aliphatic carbocycles. The van der Waals surface area contributed by atoms with Gasteiger partial charge in [0, 0.05) is 7.05 Å². The zero-order valence-corrected chi connectivity index (χ0v) is 14.4. The number of ether oxygens (including phenoxy) is 1. The van der Waals surface area contributed by atoms with Crippen LogP contribution in [0.15, 0.2) is 30.3 Å². The fourth-order valence-corrected chi connectivity index (χ4v) is 4.24. The predicted molar refractivity (Wildman–Crippen MR) is 84.8 cm³/mol. The minimum absolute atomic E-state index is 0.220. The first kappa shape index (κ1) is 18.7. The summed E-state index contributed by atoms with van der Waals surface area (Å²) in [5.74, 6) is -0.854. The van der Waals surface area contributed by atoms with Crippen LogP contribution in [0.5, 0.6) is 0 Å². The van der Waals surface area contributed by atoms with Crippen LogP contribution in [-0.2, 0) is 18.3 Å². The van der Waals surface area contributed by atoms with Crippen molar-refractivity contribution < 1.29 is 23.1 Å². The van der Waals surface area contributed by atoms with Crippen LogP contribution >= 0.6 is 7.60 Å². The number of hydrogen-bond acceptors (Lipinski definition) is 5. The molecule has 1 unspecified atom stereocenters. The Morgan fingerprint density at radius 3 is 2.09 bits per heavy atom. The van der Waals surface area contributed by atoms with Crippen molar-refractivity contribution in [3.63, 3.8) is 0 Å². The fourth-order valence-electron chi connectivity index (χ4n) is 2.11. The van der Waals surface area contributed by atoms with E-state index in [9.17, 15) is 9.36 Å². The molecule has 0 bridgehead atoms. The molecule has 0 aliphatic heterocycles. The Morgan fingerprint density at radius 2 is 1.64 bits per heavy atom. The van der Waals surface area contributed by atoms with E-state index < -0.39 is 19.5 Å². The van der Waals surface area contributed by atoms with E-state index in [0.717, 1.165) is 0 Å². The summed E-state index contributed by atoms with van der Waals surface area (Å²) in [5, 5.41) is 0. The Morgan fingerprint density at radius 1 is 1.09 bits per heavy atom. The minimum Gasteiger partial charge on any atom is -0.450 e. The first-order valence-corrected chi connectivity index (χ1v) is 8.94. The van der Waals surface area contributed by atoms with E-state index in [1.807, 2.05) is 18.2 Å². The van der Waals surface area contributed by atoms with Gasteiger partial charge in [0.15, 0.2) is 5.78 Å². The molecule has 0 fully saturated rings. The quantitative estimate of drug-likeness (QED) is 0.673. The topological polar surface area (TPSA) is 65.1 Å². The van der Waals surface area contributed by atoms with Crippen LogP contribution in [-0.4, -0.2) is 37.9 Å². The molecule has 1 amide bonds. The zero-order chi connectivity index (χ0) is 16.6. The summed E-state index contributed by atoms with van der Waals surface area (Å²) in [7, 11) is -2.03. The molecule has 0 N–H and O–H groups in total. The van der Waals surface area contributed by atoms with Gasteiger partial charge in [-0.05, 0) is 26.3 Å². The molecule has 0 aromatic heterocycles. The average Bonchev–Trinajstić information content (AvgIpc) is 2.49. The Kier molecular flexibility index (Phi) is 7.59. The minimum atomic E-state index is -3.56. The van der Waals surface area contributed by atoms with Gasteiger partial charge in [0.05, 0.1) is 19.8 Å². The summed E-state index contributed by atoms with van der Waals surface area (Å²) in [6.07, 6.45) is -0.573. The Balaban J connectivity index is 3.26. The molecule has 0 heterocycles. The normalized spacial score (nSPS) is 12.7. The second-order valence-electron chi connectivity index (χ2n) is 4.47. The lowest BCUT2D eigenvalue weighted by atomic mass is 10.2. The molecule has 6 nitrogen and oxygen atoms in total. The summed E-state index contributed by atoms with van der Waals surface area (Å²) >= 11 is 0. The third-order valence-corrected chi connectivity index (χ3v) is 5.42. The number of hydrogen-bond donors (Lipinski definition) is 0. The summed E-state index contributed by atoms with van der Waals surface area (Å²) in [4.78, 5) is 13.4. The van der Waals surface area contributed by atoms with E-state index in [4.69, 9.17) is 13.8 Å². The van der Waals surface area contributed by atoms with Crippen LogP contribution in [0.2, 0.25) is 0 Å². The van der Waals surface area contributed by atoms with E-state index in [0.29, 0.717) is 5.56 Å². The molecule has 1 rings (SSSR count). The lowest BCUT2D eigenvalue weighted by Crippen LogP contribution is -2.32. The lowest BCUT2D eigenvalue weighted by Gasteiger charge is -2.32. The Hall–Kier alpha value is -1.36. The van der Waals surface area contributed by atoms with Crippen molar-refractivity contribution in [2.24, 2.45) is 0 Å². The highest BCUT2D eigenvalue weighted by Gasteiger charge is 2.42. The van der Waals surface area contributed by atoms with Crippen molar-refractivity contribution in [3.8, 4) is 0 Å². The van der Waals surface area contributed by atoms with Crippen LogP contribution < -0.4 is 0 Å². The van der Waals surface area contributed by atoms with E-state index in [2.05, 4.69) is 0 Å². The summed E-state index contributed by atoms with van der Waals surface area (Å²) in [6, 6.07) is 9.03. The smallest absolute Gasteiger partial charge is 0.410 e. The maximum absolute atomic E-state index is 13.2. The van der Waals surface area contributed by atoms with E-state index in [1.165, 1.54) is 11.9 Å². The molecule has 124 valence electrons. The van der Waals surface area contributed by atoms with Crippen molar-refractivity contribution in [3.05, 3.63) is 35.9 Å². The standard InChI is InChI=1S/C15H24NO5P/c1-5-19-15(17)16(4)14(13-11-9-8-10-12-13)22(18,20-6-2)21-7-3/h8-12,14H,5-7H2,1-4H3. The highest BCUT2D eigenvalue weighted by Crippen LogP contribution is 2.62. The average molecular weight is 329 g/mol. The first-order chi connectivity index (χ1) is 10.5. The molecule has 7 heteroatoms. The second kappa shape index (κ2) is 8.93. The highest BCUT2D eigenvalue weighted by atomic mass is 31.2. The van der Waals surface area contributed by atoms with Gasteiger partial charge in [-0.3, -0.25) is 9.46 Å². The predicted octanol–water partition coefficient (Wildman–Crippen LogP) is 4.04. The molecule has 0 aliphatic rings. The van der Waals surface area contributed by atoms with Crippen LogP contribution in [0.3, 0.4) is 0 Å². The van der Waals surface area contributed by atoms with Gasteiger partial charge in [-0.1, -0.05) is 30.3 Å². The van der Waals surface area contributed by atoms with Crippen LogP contribution in [0.4, 0.5) is 4.79 Å². The van der Waals surface area contributed by atoms with Gasteiger partial charge >= 0.3 is 13.7 Å². The van der Waals surface area contributed by atoms with Crippen molar-refractivity contribution in [2.45, 2.75) is 26.6 Å². The number of carbonyl (C=O) groups is 1. The lowest BCUT2D eigenvalue weighted by molar-refractivity contribution is 0.102. The number of nitrogens with zero attached hydrogens (tertiary/aromatic N) is 1. The summed E-state index contributed by atoms with van der Waals surface area (Å²) in [5.41, 5.74) is 0.670. The zero-order valence-electron chi connectivity index (χ0n) is 13.5. The molecule has 0 spiro atoms. The van der Waals surface area contributed by atoms with E-state index in [-0.39, 0.29) is 19.8 Å². The van der Waals surface area contributed by atoms with Crippen molar-refractivity contribution >= 4 is 13.7 Å².